The maximum absolute atomic E-state index is 13.3. The molecule has 2 aromatic rings. The molecule has 0 fully saturated rings. The van der Waals surface area contributed by atoms with Crippen molar-refractivity contribution in [1.82, 2.24) is 0 Å². The van der Waals surface area contributed by atoms with Gasteiger partial charge in [0.05, 0.1) is 24.2 Å². The van der Waals surface area contributed by atoms with E-state index in [1.165, 1.54) is 13.2 Å². The highest BCUT2D eigenvalue weighted by Crippen LogP contribution is 2.30. The molecule has 2 nitrogen and oxygen atoms in total. The first kappa shape index (κ1) is 12.6. The Morgan fingerprint density at radius 2 is 1.88 bits per heavy atom. The lowest BCUT2D eigenvalue weighted by molar-refractivity contribution is -0.160. The van der Waals surface area contributed by atoms with Gasteiger partial charge in [-0.05, 0) is 41.5 Å². The zero-order chi connectivity index (χ0) is 12.4. The fraction of sp³-hybridized carbons (Fsp3) is 0.167. The molecule has 0 saturated carbocycles. The second-order valence-electron chi connectivity index (χ2n) is 3.55. The third kappa shape index (κ3) is 2.72. The Morgan fingerprint density at radius 3 is 2.59 bits per heavy atom. The fourth-order valence-electron chi connectivity index (χ4n) is 1.55. The average Bonchev–Trinajstić information content (AvgIpc) is 2.29. The maximum atomic E-state index is 13.3. The molecule has 2 aromatic carbocycles. The van der Waals surface area contributed by atoms with Gasteiger partial charge in [-0.2, -0.15) is 4.33 Å². The van der Waals surface area contributed by atoms with Gasteiger partial charge in [0, 0.05) is 4.90 Å². The van der Waals surface area contributed by atoms with Gasteiger partial charge < -0.3 is 0 Å². The van der Waals surface area contributed by atoms with Crippen molar-refractivity contribution in [2.24, 2.45) is 0 Å². The van der Waals surface area contributed by atoms with Gasteiger partial charge in [-0.1, -0.05) is 17.7 Å². The summed E-state index contributed by atoms with van der Waals surface area (Å²) >= 11 is 6.86. The van der Waals surface area contributed by atoms with E-state index in [9.17, 15) is 4.39 Å². The predicted octanol–water partition coefficient (Wildman–Crippen LogP) is 4.53. The minimum absolute atomic E-state index is 0.116. The van der Waals surface area contributed by atoms with Gasteiger partial charge in [-0.3, -0.25) is 0 Å². The van der Waals surface area contributed by atoms with Crippen LogP contribution in [0.15, 0.2) is 29.2 Å². The van der Waals surface area contributed by atoms with Crippen molar-refractivity contribution in [2.75, 3.05) is 7.11 Å². The molecule has 0 spiro atoms. The lowest BCUT2D eigenvalue weighted by Crippen LogP contribution is -1.86. The number of hydrogen-bond donors (Lipinski definition) is 0. The molecule has 0 aromatic heterocycles. The molecule has 0 bridgehead atoms. The molecule has 0 saturated heterocycles. The van der Waals surface area contributed by atoms with E-state index in [1.807, 2.05) is 19.1 Å². The van der Waals surface area contributed by atoms with Crippen molar-refractivity contribution >= 4 is 34.4 Å². The van der Waals surface area contributed by atoms with Crippen molar-refractivity contribution < 1.29 is 13.6 Å². The van der Waals surface area contributed by atoms with Crippen LogP contribution < -0.4 is 0 Å². The molecule has 17 heavy (non-hydrogen) atoms. The molecular weight excluding hydrogens is 263 g/mol. The average molecular weight is 273 g/mol. The van der Waals surface area contributed by atoms with Crippen LogP contribution in [0.3, 0.4) is 0 Å². The summed E-state index contributed by atoms with van der Waals surface area (Å²) in [5, 5.41) is 1.79. The van der Waals surface area contributed by atoms with E-state index < -0.39 is 5.82 Å². The Labute approximate surface area is 108 Å². The Kier molecular flexibility index (Phi) is 3.89. The van der Waals surface area contributed by atoms with E-state index in [4.69, 9.17) is 15.9 Å². The van der Waals surface area contributed by atoms with Crippen molar-refractivity contribution in [3.63, 3.8) is 0 Å². The van der Waals surface area contributed by atoms with Crippen LogP contribution in [0.1, 0.15) is 5.56 Å². The molecule has 0 atom stereocenters. The summed E-state index contributed by atoms with van der Waals surface area (Å²) < 4.78 is 18.1. The zero-order valence-corrected chi connectivity index (χ0v) is 10.9. The van der Waals surface area contributed by atoms with Gasteiger partial charge in [0.2, 0.25) is 0 Å². The molecule has 0 aliphatic heterocycles. The van der Waals surface area contributed by atoms with Crippen LogP contribution in [0, 0.1) is 12.7 Å². The fourth-order valence-corrected chi connectivity index (χ4v) is 2.23. The number of rotatable bonds is 3. The van der Waals surface area contributed by atoms with Crippen molar-refractivity contribution in [2.45, 2.75) is 11.8 Å². The van der Waals surface area contributed by atoms with Crippen LogP contribution in [0.2, 0.25) is 5.02 Å². The molecule has 0 radical (unpaired) electrons. The summed E-state index contributed by atoms with van der Waals surface area (Å²) in [7, 11) is 1.44. The summed E-state index contributed by atoms with van der Waals surface area (Å²) in [6, 6.07) is 6.80. The third-order valence-electron chi connectivity index (χ3n) is 2.37. The molecular formula is C12H10ClFO2S. The van der Waals surface area contributed by atoms with Crippen molar-refractivity contribution in [3.05, 3.63) is 40.7 Å². The number of aryl methyl sites for hydroxylation is 1. The number of hydrogen-bond acceptors (Lipinski definition) is 3. The molecule has 0 amide bonds. The zero-order valence-electron chi connectivity index (χ0n) is 9.29. The Balaban J connectivity index is 2.51. The third-order valence-corrected chi connectivity index (χ3v) is 3.48. The van der Waals surface area contributed by atoms with Crippen LogP contribution in [-0.4, -0.2) is 7.11 Å². The Morgan fingerprint density at radius 1 is 1.18 bits per heavy atom. The van der Waals surface area contributed by atoms with Crippen LogP contribution >= 0.6 is 23.6 Å². The van der Waals surface area contributed by atoms with Gasteiger partial charge in [-0.25, -0.2) is 9.28 Å². The normalized spacial score (nSPS) is 11.1. The van der Waals surface area contributed by atoms with Crippen molar-refractivity contribution in [3.8, 4) is 0 Å². The number of halogens is 2. The van der Waals surface area contributed by atoms with Crippen LogP contribution in [-0.2, 0) is 9.22 Å². The summed E-state index contributed by atoms with van der Waals surface area (Å²) in [5.74, 6) is -0.410. The quantitative estimate of drug-likeness (QED) is 0.465. The molecule has 0 N–H and O–H groups in total. The molecule has 0 aliphatic rings. The second-order valence-corrected chi connectivity index (χ2v) is 4.70. The SMILES string of the molecule is COOSc1cc2cc(Cl)c(F)cc2cc1C. The van der Waals surface area contributed by atoms with Gasteiger partial charge >= 0.3 is 0 Å². The molecule has 0 heterocycles. The van der Waals surface area contributed by atoms with E-state index in [0.29, 0.717) is 0 Å². The summed E-state index contributed by atoms with van der Waals surface area (Å²) in [5.41, 5.74) is 0.987. The first-order valence-electron chi connectivity index (χ1n) is 4.88. The van der Waals surface area contributed by atoms with Crippen molar-refractivity contribution in [1.29, 1.82) is 0 Å². The first-order chi connectivity index (χ1) is 8.11. The highest BCUT2D eigenvalue weighted by molar-refractivity contribution is 7.94. The monoisotopic (exact) mass is 272 g/mol. The topological polar surface area (TPSA) is 18.5 Å². The molecule has 90 valence electrons. The highest BCUT2D eigenvalue weighted by atomic mass is 35.5. The maximum Gasteiger partial charge on any atom is 0.142 e. The van der Waals surface area contributed by atoms with E-state index in [1.54, 1.807) is 6.07 Å². The van der Waals surface area contributed by atoms with Crippen LogP contribution in [0.4, 0.5) is 4.39 Å². The van der Waals surface area contributed by atoms with E-state index >= 15 is 0 Å². The lowest BCUT2D eigenvalue weighted by atomic mass is 10.1. The summed E-state index contributed by atoms with van der Waals surface area (Å²) in [6.07, 6.45) is 0. The van der Waals surface area contributed by atoms with Gasteiger partial charge in [0.1, 0.15) is 5.82 Å². The minimum atomic E-state index is -0.410. The smallest absolute Gasteiger partial charge is 0.142 e. The van der Waals surface area contributed by atoms with Crippen LogP contribution in [0.5, 0.6) is 0 Å². The number of fused-ring (bicyclic) bond motifs is 1. The largest absolute Gasteiger partial charge is 0.227 e. The van der Waals surface area contributed by atoms with E-state index in [2.05, 4.69) is 4.89 Å². The Bertz CT molecular complexity index is 560. The molecule has 5 heteroatoms. The molecule has 0 aliphatic carbocycles. The van der Waals surface area contributed by atoms with Gasteiger partial charge in [-0.15, -0.1) is 0 Å². The highest BCUT2D eigenvalue weighted by Gasteiger charge is 2.07. The summed E-state index contributed by atoms with van der Waals surface area (Å²) in [6.45, 7) is 1.92. The minimum Gasteiger partial charge on any atom is -0.227 e. The van der Waals surface area contributed by atoms with Gasteiger partial charge in [0.15, 0.2) is 0 Å². The standard InChI is InChI=1S/C12H10ClFO2S/c1-7-3-8-5-11(14)10(13)4-9(8)6-12(7)17-16-15-2/h3-6H,1-2H3. The molecule has 0 unspecified atom stereocenters. The van der Waals surface area contributed by atoms with Gasteiger partial charge in [0.25, 0.3) is 0 Å². The first-order valence-corrected chi connectivity index (χ1v) is 6.00. The summed E-state index contributed by atoms with van der Waals surface area (Å²) in [4.78, 5) is 5.44. The lowest BCUT2D eigenvalue weighted by Gasteiger charge is -2.07. The predicted molar refractivity (Wildman–Crippen MR) is 67.6 cm³/mol. The second kappa shape index (κ2) is 5.23. The van der Waals surface area contributed by atoms with E-state index in [-0.39, 0.29) is 5.02 Å². The molecule has 2 rings (SSSR count). The van der Waals surface area contributed by atoms with E-state index in [0.717, 1.165) is 33.3 Å². The van der Waals surface area contributed by atoms with Crippen LogP contribution in [0.25, 0.3) is 10.8 Å². The Hall–Kier alpha value is -0.810. The number of benzene rings is 2.